The van der Waals surface area contributed by atoms with Gasteiger partial charge in [-0.15, -0.1) is 0 Å². The predicted molar refractivity (Wildman–Crippen MR) is 67.3 cm³/mol. The van der Waals surface area contributed by atoms with Gasteiger partial charge in [0.25, 0.3) is 0 Å². The molecule has 5 heteroatoms. The number of amides is 1. The summed E-state index contributed by atoms with van der Waals surface area (Å²) in [4.78, 5) is 12.5. The number of methoxy groups -OCH3 is 2. The molecule has 0 unspecified atom stereocenters. The van der Waals surface area contributed by atoms with Crippen LogP contribution in [0.5, 0.6) is 0 Å². The van der Waals surface area contributed by atoms with Crippen molar-refractivity contribution >= 4 is 6.09 Å². The van der Waals surface area contributed by atoms with Gasteiger partial charge in [0, 0.05) is 33.7 Å². The van der Waals surface area contributed by atoms with Gasteiger partial charge in [-0.05, 0) is 5.56 Å². The number of rotatable bonds is 7. The van der Waals surface area contributed by atoms with Gasteiger partial charge in [0.15, 0.2) is 6.29 Å². The molecule has 1 N–H and O–H groups in total. The number of hydrogen-bond acceptors (Lipinski definition) is 3. The van der Waals surface area contributed by atoms with Crippen LogP contribution in [0, 0.1) is 0 Å². The van der Waals surface area contributed by atoms with E-state index in [0.717, 1.165) is 5.56 Å². The van der Waals surface area contributed by atoms with Gasteiger partial charge in [0.05, 0.1) is 0 Å². The van der Waals surface area contributed by atoms with E-state index in [1.165, 1.54) is 19.1 Å². The zero-order valence-electron chi connectivity index (χ0n) is 10.7. The summed E-state index contributed by atoms with van der Waals surface area (Å²) in [5, 5.41) is 9.14. The van der Waals surface area contributed by atoms with E-state index in [1.807, 2.05) is 30.3 Å². The minimum Gasteiger partial charge on any atom is -0.465 e. The SMILES string of the molecule is COC(CCN(Cc1ccccc1)C(=O)O)OC. The molecule has 0 saturated carbocycles. The predicted octanol–water partition coefficient (Wildman–Crippen LogP) is 2.18. The molecule has 0 saturated heterocycles. The highest BCUT2D eigenvalue weighted by atomic mass is 16.7. The average Bonchev–Trinajstić information content (AvgIpc) is 2.39. The quantitative estimate of drug-likeness (QED) is 0.757. The Morgan fingerprint density at radius 1 is 1.28 bits per heavy atom. The van der Waals surface area contributed by atoms with Crippen LogP contribution in [0.2, 0.25) is 0 Å². The number of carbonyl (C=O) groups is 1. The van der Waals surface area contributed by atoms with Crippen molar-refractivity contribution in [1.82, 2.24) is 4.90 Å². The molecular weight excluding hydrogens is 234 g/mol. The molecule has 0 aliphatic heterocycles. The Hall–Kier alpha value is -1.59. The monoisotopic (exact) mass is 253 g/mol. The normalized spacial score (nSPS) is 10.6. The van der Waals surface area contributed by atoms with Crippen molar-refractivity contribution in [3.8, 4) is 0 Å². The van der Waals surface area contributed by atoms with Crippen LogP contribution in [0.4, 0.5) is 4.79 Å². The van der Waals surface area contributed by atoms with Crippen LogP contribution in [0.25, 0.3) is 0 Å². The first kappa shape index (κ1) is 14.5. The molecule has 0 fully saturated rings. The first-order valence-corrected chi connectivity index (χ1v) is 5.74. The first-order chi connectivity index (χ1) is 8.67. The Morgan fingerprint density at radius 3 is 2.39 bits per heavy atom. The molecular formula is C13H19NO4. The minimum atomic E-state index is -0.940. The van der Waals surface area contributed by atoms with Gasteiger partial charge in [-0.25, -0.2) is 4.79 Å². The van der Waals surface area contributed by atoms with Crippen molar-refractivity contribution < 1.29 is 19.4 Å². The Kier molecular flexibility index (Phi) is 6.18. The van der Waals surface area contributed by atoms with Crippen LogP contribution in [0.15, 0.2) is 30.3 Å². The summed E-state index contributed by atoms with van der Waals surface area (Å²) in [6.45, 7) is 0.743. The van der Waals surface area contributed by atoms with Gasteiger partial charge in [-0.3, -0.25) is 0 Å². The Bertz CT molecular complexity index is 351. The molecule has 0 atom stereocenters. The molecule has 1 aromatic rings. The van der Waals surface area contributed by atoms with E-state index in [-0.39, 0.29) is 6.29 Å². The van der Waals surface area contributed by atoms with E-state index < -0.39 is 6.09 Å². The largest absolute Gasteiger partial charge is 0.465 e. The molecule has 0 heterocycles. The molecule has 5 nitrogen and oxygen atoms in total. The van der Waals surface area contributed by atoms with E-state index in [0.29, 0.717) is 19.5 Å². The lowest BCUT2D eigenvalue weighted by Crippen LogP contribution is -2.32. The molecule has 0 bridgehead atoms. The highest BCUT2D eigenvalue weighted by Gasteiger charge is 2.15. The maximum Gasteiger partial charge on any atom is 0.407 e. The van der Waals surface area contributed by atoms with Crippen molar-refractivity contribution in [3.05, 3.63) is 35.9 Å². The zero-order valence-corrected chi connectivity index (χ0v) is 10.7. The summed E-state index contributed by atoms with van der Waals surface area (Å²) in [7, 11) is 3.08. The lowest BCUT2D eigenvalue weighted by Gasteiger charge is -2.21. The summed E-state index contributed by atoms with van der Waals surface area (Å²) in [5.74, 6) is 0. The van der Waals surface area contributed by atoms with Crippen LogP contribution in [0.1, 0.15) is 12.0 Å². The van der Waals surface area contributed by atoms with Gasteiger partial charge in [-0.1, -0.05) is 30.3 Å². The number of carboxylic acid groups (broad SMARTS) is 1. The Morgan fingerprint density at radius 2 is 1.89 bits per heavy atom. The maximum absolute atomic E-state index is 11.1. The number of hydrogen-bond donors (Lipinski definition) is 1. The summed E-state index contributed by atoms with van der Waals surface area (Å²) >= 11 is 0. The Labute approximate surface area is 107 Å². The maximum atomic E-state index is 11.1. The summed E-state index contributed by atoms with van der Waals surface area (Å²) in [6, 6.07) is 9.49. The molecule has 0 spiro atoms. The second-order valence-corrected chi connectivity index (χ2v) is 3.88. The fourth-order valence-corrected chi connectivity index (χ4v) is 1.64. The molecule has 0 radical (unpaired) electrons. The molecule has 1 rings (SSSR count). The molecule has 1 amide bonds. The van der Waals surface area contributed by atoms with Gasteiger partial charge in [-0.2, -0.15) is 0 Å². The van der Waals surface area contributed by atoms with Crippen molar-refractivity contribution in [2.75, 3.05) is 20.8 Å². The summed E-state index contributed by atoms with van der Waals surface area (Å²) < 4.78 is 10.1. The van der Waals surface area contributed by atoms with Crippen molar-refractivity contribution in [1.29, 1.82) is 0 Å². The van der Waals surface area contributed by atoms with Crippen molar-refractivity contribution in [2.24, 2.45) is 0 Å². The lowest BCUT2D eigenvalue weighted by molar-refractivity contribution is -0.108. The third-order valence-electron chi connectivity index (χ3n) is 2.65. The number of ether oxygens (including phenoxy) is 2. The number of nitrogens with zero attached hydrogens (tertiary/aromatic N) is 1. The highest BCUT2D eigenvalue weighted by molar-refractivity contribution is 5.64. The van der Waals surface area contributed by atoms with E-state index in [1.54, 1.807) is 0 Å². The van der Waals surface area contributed by atoms with E-state index in [4.69, 9.17) is 14.6 Å². The van der Waals surface area contributed by atoms with Crippen LogP contribution in [-0.2, 0) is 16.0 Å². The van der Waals surface area contributed by atoms with Crippen molar-refractivity contribution in [3.63, 3.8) is 0 Å². The zero-order chi connectivity index (χ0) is 13.4. The van der Waals surface area contributed by atoms with Gasteiger partial charge in [0.1, 0.15) is 0 Å². The van der Waals surface area contributed by atoms with Crippen molar-refractivity contribution in [2.45, 2.75) is 19.3 Å². The first-order valence-electron chi connectivity index (χ1n) is 5.74. The topological polar surface area (TPSA) is 59.0 Å². The number of benzene rings is 1. The molecule has 0 aliphatic rings. The van der Waals surface area contributed by atoms with E-state index in [2.05, 4.69) is 0 Å². The van der Waals surface area contributed by atoms with Gasteiger partial charge in [0.2, 0.25) is 0 Å². The fourth-order valence-electron chi connectivity index (χ4n) is 1.64. The molecule has 0 aromatic heterocycles. The van der Waals surface area contributed by atoms with E-state index in [9.17, 15) is 4.79 Å². The van der Waals surface area contributed by atoms with Gasteiger partial charge >= 0.3 is 6.09 Å². The van der Waals surface area contributed by atoms with Crippen LogP contribution < -0.4 is 0 Å². The van der Waals surface area contributed by atoms with Crippen LogP contribution in [0.3, 0.4) is 0 Å². The third-order valence-corrected chi connectivity index (χ3v) is 2.65. The average molecular weight is 253 g/mol. The second-order valence-electron chi connectivity index (χ2n) is 3.88. The highest BCUT2D eigenvalue weighted by Crippen LogP contribution is 2.07. The van der Waals surface area contributed by atoms with Crippen LogP contribution in [-0.4, -0.2) is 43.2 Å². The van der Waals surface area contributed by atoms with Gasteiger partial charge < -0.3 is 19.5 Å². The van der Waals surface area contributed by atoms with Crippen LogP contribution >= 0.6 is 0 Å². The third kappa shape index (κ3) is 4.73. The minimum absolute atomic E-state index is 0.371. The Balaban J connectivity index is 2.53. The molecule has 0 aliphatic carbocycles. The second kappa shape index (κ2) is 7.68. The molecule has 100 valence electrons. The summed E-state index contributed by atoms with van der Waals surface area (Å²) in [6.07, 6.45) is -0.806. The molecule has 18 heavy (non-hydrogen) atoms. The summed E-state index contributed by atoms with van der Waals surface area (Å²) in [5.41, 5.74) is 0.964. The molecule has 1 aromatic carbocycles. The standard InChI is InChI=1S/C13H19NO4/c1-17-12(18-2)8-9-14(13(15)16)10-11-6-4-3-5-7-11/h3-7,12H,8-10H2,1-2H3,(H,15,16). The van der Waals surface area contributed by atoms with E-state index >= 15 is 0 Å². The smallest absolute Gasteiger partial charge is 0.407 e. The lowest BCUT2D eigenvalue weighted by atomic mass is 10.2. The fraction of sp³-hybridized carbons (Fsp3) is 0.462.